The van der Waals surface area contributed by atoms with Crippen LogP contribution in [0.5, 0.6) is 0 Å². The highest BCUT2D eigenvalue weighted by Crippen LogP contribution is 2.21. The van der Waals surface area contributed by atoms with Crippen molar-refractivity contribution in [3.63, 3.8) is 0 Å². The summed E-state index contributed by atoms with van der Waals surface area (Å²) in [5.41, 5.74) is 1.27. The molecular weight excluding hydrogens is 487 g/mol. The topological polar surface area (TPSA) is 73.8 Å². The maximum atomic E-state index is 11.6. The lowest BCUT2D eigenvalue weighted by Crippen LogP contribution is -2.41. The molecule has 0 spiro atoms. The van der Waals surface area contributed by atoms with Crippen LogP contribution in [-0.2, 0) is 9.84 Å². The van der Waals surface area contributed by atoms with Crippen molar-refractivity contribution >= 4 is 39.8 Å². The highest BCUT2D eigenvalue weighted by molar-refractivity contribution is 14.0. The van der Waals surface area contributed by atoms with E-state index < -0.39 is 9.84 Å². The molecule has 1 aliphatic heterocycles. The van der Waals surface area contributed by atoms with Gasteiger partial charge in [-0.25, -0.2) is 8.42 Å². The van der Waals surface area contributed by atoms with Crippen LogP contribution in [0.3, 0.4) is 0 Å². The van der Waals surface area contributed by atoms with Crippen molar-refractivity contribution in [2.45, 2.75) is 33.2 Å². The summed E-state index contributed by atoms with van der Waals surface area (Å²) in [5.74, 6) is 1.53. The summed E-state index contributed by atoms with van der Waals surface area (Å²) in [5, 5.41) is 6.62. The van der Waals surface area contributed by atoms with E-state index in [4.69, 9.17) is 4.99 Å². The molecule has 1 aromatic rings. The van der Waals surface area contributed by atoms with Crippen LogP contribution in [0.15, 0.2) is 35.3 Å². The third-order valence-corrected chi connectivity index (χ3v) is 6.93. The Morgan fingerprint density at radius 2 is 1.86 bits per heavy atom. The Morgan fingerprint density at radius 1 is 1.18 bits per heavy atom. The number of sulfone groups is 1. The number of hydrogen-bond donors (Lipinski definition) is 2. The second-order valence-electron chi connectivity index (χ2n) is 7.02. The van der Waals surface area contributed by atoms with E-state index in [9.17, 15) is 8.42 Å². The first-order chi connectivity index (χ1) is 13.0. The first-order valence-electron chi connectivity index (χ1n) is 10.0. The molecule has 2 rings (SSSR count). The van der Waals surface area contributed by atoms with Crippen LogP contribution < -0.4 is 10.6 Å². The Hall–Kier alpha value is -0.870. The number of hydrogen-bond acceptors (Lipinski definition) is 4. The van der Waals surface area contributed by atoms with Crippen LogP contribution in [-0.4, -0.2) is 63.5 Å². The maximum Gasteiger partial charge on any atom is 0.191 e. The Balaban J connectivity index is 0.00000392. The lowest BCUT2D eigenvalue weighted by molar-refractivity contribution is 0.224. The van der Waals surface area contributed by atoms with Gasteiger partial charge in [-0.15, -0.1) is 24.0 Å². The Labute approximate surface area is 187 Å². The third kappa shape index (κ3) is 7.87. The number of guanidine groups is 1. The summed E-state index contributed by atoms with van der Waals surface area (Å²) in [4.78, 5) is 7.22. The lowest BCUT2D eigenvalue weighted by Gasteiger charge is -2.29. The average molecular weight is 522 g/mol. The minimum Gasteiger partial charge on any atom is -0.357 e. The normalized spacial score (nSPS) is 19.9. The fraction of sp³-hybridized carbons (Fsp3) is 0.650. The molecule has 0 aromatic heterocycles. The van der Waals surface area contributed by atoms with Gasteiger partial charge in [-0.3, -0.25) is 9.89 Å². The van der Waals surface area contributed by atoms with Crippen molar-refractivity contribution < 1.29 is 8.42 Å². The molecule has 160 valence electrons. The van der Waals surface area contributed by atoms with Crippen molar-refractivity contribution in [2.24, 2.45) is 10.9 Å². The van der Waals surface area contributed by atoms with E-state index in [-0.39, 0.29) is 41.7 Å². The molecule has 1 fully saturated rings. The van der Waals surface area contributed by atoms with E-state index in [1.807, 2.05) is 13.0 Å². The van der Waals surface area contributed by atoms with E-state index >= 15 is 0 Å². The van der Waals surface area contributed by atoms with Crippen LogP contribution in [0.1, 0.15) is 38.8 Å². The molecule has 2 atom stereocenters. The largest absolute Gasteiger partial charge is 0.357 e. The minimum absolute atomic E-state index is 0. The molecule has 28 heavy (non-hydrogen) atoms. The van der Waals surface area contributed by atoms with Crippen molar-refractivity contribution in [2.75, 3.05) is 44.2 Å². The molecule has 1 aliphatic rings. The molecule has 2 unspecified atom stereocenters. The number of halogens is 1. The van der Waals surface area contributed by atoms with Gasteiger partial charge in [-0.05, 0) is 37.9 Å². The molecule has 0 bridgehead atoms. The highest BCUT2D eigenvalue weighted by atomic mass is 127. The van der Waals surface area contributed by atoms with Crippen molar-refractivity contribution in [3.05, 3.63) is 35.9 Å². The monoisotopic (exact) mass is 522 g/mol. The SMILES string of the molecule is CCNC(=NCC(c1ccccc1)N(CC)CC)NCC1CCS(=O)(=O)C1.I. The third-order valence-electron chi connectivity index (χ3n) is 5.09. The summed E-state index contributed by atoms with van der Waals surface area (Å²) < 4.78 is 23.3. The van der Waals surface area contributed by atoms with Gasteiger partial charge in [-0.2, -0.15) is 0 Å². The fourth-order valence-electron chi connectivity index (χ4n) is 3.56. The maximum absolute atomic E-state index is 11.6. The zero-order chi connectivity index (χ0) is 19.7. The number of likely N-dealkylation sites (N-methyl/N-ethyl adjacent to an activating group) is 1. The molecule has 1 heterocycles. The zero-order valence-electron chi connectivity index (χ0n) is 17.2. The molecule has 0 aliphatic carbocycles. The van der Waals surface area contributed by atoms with Crippen LogP contribution >= 0.6 is 24.0 Å². The Kier molecular flexibility index (Phi) is 11.4. The predicted octanol–water partition coefficient (Wildman–Crippen LogP) is 2.68. The average Bonchev–Trinajstić information content (AvgIpc) is 3.02. The summed E-state index contributed by atoms with van der Waals surface area (Å²) in [6, 6.07) is 10.7. The van der Waals surface area contributed by atoms with Gasteiger partial charge in [0.1, 0.15) is 0 Å². The standard InChI is InChI=1S/C20H34N4O2S.HI/c1-4-21-20(22-14-17-12-13-27(25,26)16-17)23-15-19(24(5-2)6-3)18-10-8-7-9-11-18;/h7-11,17,19H,4-6,12-16H2,1-3H3,(H2,21,22,23);1H. The smallest absolute Gasteiger partial charge is 0.191 e. The van der Waals surface area contributed by atoms with Gasteiger partial charge >= 0.3 is 0 Å². The van der Waals surface area contributed by atoms with E-state index in [1.54, 1.807) is 0 Å². The van der Waals surface area contributed by atoms with Gasteiger partial charge in [0.2, 0.25) is 0 Å². The zero-order valence-corrected chi connectivity index (χ0v) is 20.4. The van der Waals surface area contributed by atoms with Gasteiger partial charge in [0.15, 0.2) is 15.8 Å². The quantitative estimate of drug-likeness (QED) is 0.297. The van der Waals surface area contributed by atoms with Crippen LogP contribution in [0, 0.1) is 5.92 Å². The number of benzene rings is 1. The van der Waals surface area contributed by atoms with Crippen molar-refractivity contribution in [1.82, 2.24) is 15.5 Å². The Bertz CT molecular complexity index is 693. The summed E-state index contributed by atoms with van der Waals surface area (Å²) in [6.45, 7) is 10.4. The van der Waals surface area contributed by atoms with E-state index in [0.29, 0.717) is 18.8 Å². The van der Waals surface area contributed by atoms with E-state index in [2.05, 4.69) is 53.6 Å². The molecule has 1 aromatic carbocycles. The molecule has 0 amide bonds. The van der Waals surface area contributed by atoms with Crippen LogP contribution in [0.2, 0.25) is 0 Å². The molecule has 0 radical (unpaired) electrons. The lowest BCUT2D eigenvalue weighted by atomic mass is 10.1. The second-order valence-corrected chi connectivity index (χ2v) is 9.25. The van der Waals surface area contributed by atoms with Crippen LogP contribution in [0.4, 0.5) is 0 Å². The number of nitrogens with zero attached hydrogens (tertiary/aromatic N) is 2. The summed E-state index contributed by atoms with van der Waals surface area (Å²) in [7, 11) is -2.84. The predicted molar refractivity (Wildman–Crippen MR) is 128 cm³/mol. The highest BCUT2D eigenvalue weighted by Gasteiger charge is 2.27. The molecule has 6 nitrogen and oxygen atoms in total. The van der Waals surface area contributed by atoms with E-state index in [1.165, 1.54) is 5.56 Å². The second kappa shape index (κ2) is 12.6. The summed E-state index contributed by atoms with van der Waals surface area (Å²) in [6.07, 6.45) is 0.737. The minimum atomic E-state index is -2.84. The number of rotatable bonds is 9. The first-order valence-corrected chi connectivity index (χ1v) is 11.8. The van der Waals surface area contributed by atoms with Crippen molar-refractivity contribution in [1.29, 1.82) is 0 Å². The van der Waals surface area contributed by atoms with Crippen LogP contribution in [0.25, 0.3) is 0 Å². The van der Waals surface area contributed by atoms with Gasteiger partial charge in [0.05, 0.1) is 24.1 Å². The molecule has 2 N–H and O–H groups in total. The van der Waals surface area contributed by atoms with Gasteiger partial charge in [0.25, 0.3) is 0 Å². The molecule has 1 saturated heterocycles. The Morgan fingerprint density at radius 3 is 2.39 bits per heavy atom. The van der Waals surface area contributed by atoms with Gasteiger partial charge in [-0.1, -0.05) is 44.2 Å². The van der Waals surface area contributed by atoms with Crippen molar-refractivity contribution in [3.8, 4) is 0 Å². The first kappa shape index (κ1) is 25.2. The van der Waals surface area contributed by atoms with Gasteiger partial charge < -0.3 is 10.6 Å². The van der Waals surface area contributed by atoms with Gasteiger partial charge in [0, 0.05) is 13.1 Å². The molecular formula is C20H35IN4O2S. The molecule has 8 heteroatoms. The number of aliphatic imine (C=N–C) groups is 1. The fourth-order valence-corrected chi connectivity index (χ4v) is 5.43. The number of nitrogens with one attached hydrogen (secondary N) is 2. The van der Waals surface area contributed by atoms with E-state index in [0.717, 1.165) is 32.0 Å². The summed E-state index contributed by atoms with van der Waals surface area (Å²) >= 11 is 0. The molecule has 0 saturated carbocycles.